The van der Waals surface area contributed by atoms with Gasteiger partial charge >= 0.3 is 0 Å². The van der Waals surface area contributed by atoms with Crippen LogP contribution in [0.3, 0.4) is 0 Å². The molecule has 0 aliphatic rings. The smallest absolute Gasteiger partial charge is 0.225 e. The highest BCUT2D eigenvalue weighted by Gasteiger charge is 2.18. The zero-order valence-corrected chi connectivity index (χ0v) is 12.6. The van der Waals surface area contributed by atoms with Gasteiger partial charge in [0.05, 0.1) is 11.9 Å². The number of nitrogens with two attached hydrogens (primary N) is 1. The zero-order valence-electron chi connectivity index (χ0n) is 12.6. The molecule has 1 aromatic rings. The minimum absolute atomic E-state index is 0.0112. The number of aryl methyl sites for hydroxylation is 1. The lowest BCUT2D eigenvalue weighted by Gasteiger charge is -2.22. The second-order valence-electron chi connectivity index (χ2n) is 6.56. The largest absolute Gasteiger partial charge is 0.397 e. The maximum Gasteiger partial charge on any atom is 0.225 e. The third kappa shape index (κ3) is 5.73. The average molecular weight is 263 g/mol. The van der Waals surface area contributed by atoms with Crippen molar-refractivity contribution in [1.82, 2.24) is 4.98 Å². The summed E-state index contributed by atoms with van der Waals surface area (Å²) in [5, 5.41) is 2.85. The predicted octanol–water partition coefficient (Wildman–Crippen LogP) is 3.37. The fourth-order valence-corrected chi connectivity index (χ4v) is 2.34. The lowest BCUT2D eigenvalue weighted by atomic mass is 9.84. The van der Waals surface area contributed by atoms with Crippen molar-refractivity contribution >= 4 is 17.4 Å². The third-order valence-electron chi connectivity index (χ3n) is 2.85. The molecule has 4 nitrogen and oxygen atoms in total. The molecule has 4 heteroatoms. The van der Waals surface area contributed by atoms with Crippen LogP contribution in [0.2, 0.25) is 0 Å². The maximum atomic E-state index is 12.0. The molecule has 0 aliphatic heterocycles. The number of nitrogens with one attached hydrogen (secondary N) is 1. The van der Waals surface area contributed by atoms with Gasteiger partial charge in [-0.1, -0.05) is 27.7 Å². The molecule has 0 saturated heterocycles. The Morgan fingerprint density at radius 1 is 1.47 bits per heavy atom. The molecular formula is C15H25N3O. The van der Waals surface area contributed by atoms with E-state index in [4.69, 9.17) is 5.73 Å². The molecule has 0 saturated carbocycles. The van der Waals surface area contributed by atoms with E-state index >= 15 is 0 Å². The summed E-state index contributed by atoms with van der Waals surface area (Å²) < 4.78 is 0. The number of carbonyl (C=O) groups is 1. The van der Waals surface area contributed by atoms with E-state index in [9.17, 15) is 4.79 Å². The highest BCUT2D eigenvalue weighted by atomic mass is 16.1. The average Bonchev–Trinajstić information content (AvgIpc) is 2.19. The van der Waals surface area contributed by atoms with Crippen molar-refractivity contribution in [1.29, 1.82) is 0 Å². The van der Waals surface area contributed by atoms with Crippen LogP contribution >= 0.6 is 0 Å². The Balaban J connectivity index is 2.56. The first-order valence-corrected chi connectivity index (χ1v) is 6.69. The number of anilines is 2. The Morgan fingerprint density at radius 3 is 2.63 bits per heavy atom. The number of aromatic nitrogens is 1. The Kier molecular flexibility index (Phi) is 4.92. The van der Waals surface area contributed by atoms with Crippen LogP contribution in [0, 0.1) is 18.3 Å². The molecular weight excluding hydrogens is 238 g/mol. The molecule has 1 heterocycles. The fourth-order valence-electron chi connectivity index (χ4n) is 2.34. The second-order valence-corrected chi connectivity index (χ2v) is 6.56. The van der Waals surface area contributed by atoms with Crippen molar-refractivity contribution in [2.24, 2.45) is 11.3 Å². The van der Waals surface area contributed by atoms with Crippen molar-refractivity contribution in [3.8, 4) is 0 Å². The van der Waals surface area contributed by atoms with E-state index in [1.54, 1.807) is 12.3 Å². The molecule has 0 radical (unpaired) electrons. The minimum Gasteiger partial charge on any atom is -0.397 e. The Bertz CT molecular complexity index is 449. The minimum atomic E-state index is 0.0112. The molecule has 1 aromatic heterocycles. The topological polar surface area (TPSA) is 68.0 Å². The van der Waals surface area contributed by atoms with Gasteiger partial charge in [0.15, 0.2) is 0 Å². The van der Waals surface area contributed by atoms with Crippen LogP contribution in [-0.4, -0.2) is 10.9 Å². The Morgan fingerprint density at radius 2 is 2.11 bits per heavy atom. The Labute approximate surface area is 115 Å². The van der Waals surface area contributed by atoms with Gasteiger partial charge in [0, 0.05) is 6.42 Å². The molecule has 3 N–H and O–H groups in total. The highest BCUT2D eigenvalue weighted by molar-refractivity contribution is 5.90. The molecule has 106 valence electrons. The SMILES string of the molecule is Cc1cc(N)cnc1NC(=O)CC(C)CC(C)(C)C. The lowest BCUT2D eigenvalue weighted by Crippen LogP contribution is -2.19. The van der Waals surface area contributed by atoms with E-state index < -0.39 is 0 Å². The third-order valence-corrected chi connectivity index (χ3v) is 2.85. The van der Waals surface area contributed by atoms with Gasteiger partial charge in [-0.3, -0.25) is 4.79 Å². The number of nitrogen functional groups attached to an aromatic ring is 1. The maximum absolute atomic E-state index is 12.0. The van der Waals surface area contributed by atoms with Crippen molar-refractivity contribution in [3.05, 3.63) is 17.8 Å². The van der Waals surface area contributed by atoms with Crippen molar-refractivity contribution < 1.29 is 4.79 Å². The Hall–Kier alpha value is -1.58. The molecule has 1 atom stereocenters. The molecule has 1 rings (SSSR count). The first-order valence-electron chi connectivity index (χ1n) is 6.69. The van der Waals surface area contributed by atoms with Crippen molar-refractivity contribution in [2.75, 3.05) is 11.1 Å². The number of pyridine rings is 1. The monoisotopic (exact) mass is 263 g/mol. The molecule has 0 aliphatic carbocycles. The van der Waals surface area contributed by atoms with Gasteiger partial charge in [0.25, 0.3) is 0 Å². The molecule has 1 amide bonds. The summed E-state index contributed by atoms with van der Waals surface area (Å²) in [6.45, 7) is 10.6. The quantitative estimate of drug-likeness (QED) is 0.875. The van der Waals surface area contributed by atoms with Crippen LogP contribution in [-0.2, 0) is 4.79 Å². The standard InChI is InChI=1S/C15H25N3O/c1-10(8-15(3,4)5)6-13(19)18-14-11(2)7-12(16)9-17-14/h7,9-10H,6,8,16H2,1-5H3,(H,17,18,19). The molecule has 19 heavy (non-hydrogen) atoms. The zero-order chi connectivity index (χ0) is 14.6. The van der Waals surface area contributed by atoms with E-state index in [-0.39, 0.29) is 11.3 Å². The van der Waals surface area contributed by atoms with Gasteiger partial charge < -0.3 is 11.1 Å². The number of carbonyl (C=O) groups excluding carboxylic acids is 1. The number of rotatable bonds is 4. The number of hydrogen-bond acceptors (Lipinski definition) is 3. The second kappa shape index (κ2) is 6.04. The lowest BCUT2D eigenvalue weighted by molar-refractivity contribution is -0.117. The van der Waals surface area contributed by atoms with Gasteiger partial charge in [-0.05, 0) is 36.3 Å². The summed E-state index contributed by atoms with van der Waals surface area (Å²) >= 11 is 0. The normalized spacial score (nSPS) is 13.1. The predicted molar refractivity (Wildman–Crippen MR) is 79.9 cm³/mol. The van der Waals surface area contributed by atoms with Gasteiger partial charge in [-0.25, -0.2) is 4.98 Å². The highest BCUT2D eigenvalue weighted by Crippen LogP contribution is 2.26. The molecule has 0 bridgehead atoms. The van der Waals surface area contributed by atoms with E-state index in [2.05, 4.69) is 38.0 Å². The molecule has 1 unspecified atom stereocenters. The van der Waals surface area contributed by atoms with Gasteiger partial charge in [0.2, 0.25) is 5.91 Å². The number of hydrogen-bond donors (Lipinski definition) is 2. The van der Waals surface area contributed by atoms with Crippen LogP contribution in [0.5, 0.6) is 0 Å². The summed E-state index contributed by atoms with van der Waals surface area (Å²) in [6, 6.07) is 1.81. The van der Waals surface area contributed by atoms with Gasteiger partial charge in [0.1, 0.15) is 5.82 Å². The summed E-state index contributed by atoms with van der Waals surface area (Å²) in [5.41, 5.74) is 7.37. The summed E-state index contributed by atoms with van der Waals surface area (Å²) in [5.74, 6) is 0.966. The summed E-state index contributed by atoms with van der Waals surface area (Å²) in [7, 11) is 0. The van der Waals surface area contributed by atoms with Crippen LogP contribution in [0.4, 0.5) is 11.5 Å². The summed E-state index contributed by atoms with van der Waals surface area (Å²) in [6.07, 6.45) is 3.10. The van der Waals surface area contributed by atoms with E-state index in [0.717, 1.165) is 12.0 Å². The first-order chi connectivity index (χ1) is 8.67. The van der Waals surface area contributed by atoms with Crippen molar-refractivity contribution in [2.45, 2.75) is 47.5 Å². The summed E-state index contributed by atoms with van der Waals surface area (Å²) in [4.78, 5) is 16.1. The molecule has 0 fully saturated rings. The van der Waals surface area contributed by atoms with E-state index in [1.807, 2.05) is 6.92 Å². The van der Waals surface area contributed by atoms with Gasteiger partial charge in [-0.15, -0.1) is 0 Å². The number of nitrogens with zero attached hydrogens (tertiary/aromatic N) is 1. The van der Waals surface area contributed by atoms with E-state index in [0.29, 0.717) is 23.8 Å². The van der Waals surface area contributed by atoms with Gasteiger partial charge in [-0.2, -0.15) is 0 Å². The van der Waals surface area contributed by atoms with Crippen molar-refractivity contribution in [3.63, 3.8) is 0 Å². The van der Waals surface area contributed by atoms with Crippen LogP contribution in [0.15, 0.2) is 12.3 Å². The van der Waals surface area contributed by atoms with Crippen LogP contribution in [0.25, 0.3) is 0 Å². The first kappa shape index (κ1) is 15.5. The van der Waals surface area contributed by atoms with Crippen LogP contribution in [0.1, 0.15) is 46.1 Å². The van der Waals surface area contributed by atoms with E-state index in [1.165, 1.54) is 0 Å². The molecule has 0 aromatic carbocycles. The molecule has 0 spiro atoms. The fraction of sp³-hybridized carbons (Fsp3) is 0.600. The number of amides is 1. The van der Waals surface area contributed by atoms with Crippen LogP contribution < -0.4 is 11.1 Å².